The molecule has 2 heterocycles. The van der Waals surface area contributed by atoms with E-state index in [2.05, 4.69) is 20.4 Å². The molecule has 3 aromatic rings. The topological polar surface area (TPSA) is 78.4 Å². The molecule has 0 unspecified atom stereocenters. The summed E-state index contributed by atoms with van der Waals surface area (Å²) in [6.45, 7) is 7.94. The van der Waals surface area contributed by atoms with Crippen LogP contribution in [0.25, 0.3) is 0 Å². The van der Waals surface area contributed by atoms with Crippen LogP contribution in [-0.4, -0.2) is 49.1 Å². The number of aryl methyl sites for hydroxylation is 3. The monoisotopic (exact) mass is 437 g/mol. The van der Waals surface area contributed by atoms with Crippen LogP contribution in [0, 0.1) is 20.8 Å². The molecule has 1 N–H and O–H groups in total. The van der Waals surface area contributed by atoms with Crippen molar-refractivity contribution in [2.24, 2.45) is 0 Å². The van der Waals surface area contributed by atoms with Crippen LogP contribution in [0.5, 0.6) is 0 Å². The van der Waals surface area contributed by atoms with Crippen molar-refractivity contribution in [3.05, 3.63) is 71.3 Å². The van der Waals surface area contributed by atoms with Gasteiger partial charge in [0.15, 0.2) is 11.6 Å². The molecular formula is C23H27N5O2S. The van der Waals surface area contributed by atoms with Crippen molar-refractivity contribution in [3.8, 4) is 0 Å². The molecule has 0 bridgehead atoms. The molecule has 0 radical (unpaired) electrons. The first-order valence-electron chi connectivity index (χ1n) is 10.3. The van der Waals surface area contributed by atoms with Crippen molar-refractivity contribution in [1.29, 1.82) is 0 Å². The highest BCUT2D eigenvalue weighted by molar-refractivity contribution is 7.89. The van der Waals surface area contributed by atoms with Crippen LogP contribution >= 0.6 is 0 Å². The van der Waals surface area contributed by atoms with Crippen LogP contribution < -0.4 is 10.2 Å². The van der Waals surface area contributed by atoms with E-state index in [4.69, 9.17) is 0 Å². The number of hydrogen-bond donors (Lipinski definition) is 1. The highest BCUT2D eigenvalue weighted by Gasteiger charge is 2.29. The summed E-state index contributed by atoms with van der Waals surface area (Å²) in [6.07, 6.45) is 0. The van der Waals surface area contributed by atoms with E-state index in [-0.39, 0.29) is 0 Å². The third-order valence-corrected chi connectivity index (χ3v) is 7.55. The summed E-state index contributed by atoms with van der Waals surface area (Å²) in [5.41, 5.74) is 4.22. The van der Waals surface area contributed by atoms with E-state index in [0.29, 0.717) is 36.9 Å². The van der Waals surface area contributed by atoms with Crippen molar-refractivity contribution < 1.29 is 8.42 Å². The second kappa shape index (κ2) is 8.64. The maximum atomic E-state index is 13.0. The third kappa shape index (κ3) is 4.70. The van der Waals surface area contributed by atoms with Crippen molar-refractivity contribution >= 4 is 27.3 Å². The third-order valence-electron chi connectivity index (χ3n) is 5.65. The van der Waals surface area contributed by atoms with E-state index in [9.17, 15) is 8.42 Å². The number of benzene rings is 2. The van der Waals surface area contributed by atoms with E-state index in [1.807, 2.05) is 63.2 Å². The zero-order valence-electron chi connectivity index (χ0n) is 18.0. The van der Waals surface area contributed by atoms with Gasteiger partial charge in [-0.2, -0.15) is 4.31 Å². The second-order valence-corrected chi connectivity index (χ2v) is 9.84. The Morgan fingerprint density at radius 1 is 0.806 bits per heavy atom. The minimum Gasteiger partial charge on any atom is -0.352 e. The Morgan fingerprint density at radius 2 is 1.52 bits per heavy atom. The Bertz CT molecular complexity index is 1150. The lowest BCUT2D eigenvalue weighted by molar-refractivity contribution is 0.383. The molecule has 0 aliphatic carbocycles. The molecule has 0 saturated carbocycles. The molecule has 1 aliphatic heterocycles. The number of anilines is 3. The number of sulfonamides is 1. The Kier molecular flexibility index (Phi) is 5.93. The number of hydrogen-bond acceptors (Lipinski definition) is 6. The fourth-order valence-electron chi connectivity index (χ4n) is 3.53. The molecule has 1 fully saturated rings. The normalized spacial score (nSPS) is 15.1. The van der Waals surface area contributed by atoms with Gasteiger partial charge < -0.3 is 10.2 Å². The molecule has 1 aromatic heterocycles. The molecule has 0 spiro atoms. The summed E-state index contributed by atoms with van der Waals surface area (Å²) in [6, 6.07) is 17.2. The zero-order chi connectivity index (χ0) is 22.0. The molecule has 0 amide bonds. The molecular weight excluding hydrogens is 410 g/mol. The number of nitrogens with one attached hydrogen (secondary N) is 1. The van der Waals surface area contributed by atoms with Gasteiger partial charge in [-0.3, -0.25) is 0 Å². The van der Waals surface area contributed by atoms with Gasteiger partial charge in [0.2, 0.25) is 10.0 Å². The average Bonchev–Trinajstić information content (AvgIpc) is 2.78. The maximum absolute atomic E-state index is 13.0. The minimum absolute atomic E-state index is 0.357. The standard InChI is InChI=1S/C23H27N5O2S/c1-17-4-7-20(8-5-17)24-22-10-11-23(26-25-22)27-12-14-28(15-13-27)31(29,30)21-9-6-18(2)19(3)16-21/h4-11,16H,12-15H2,1-3H3,(H,24,25). The van der Waals surface area contributed by atoms with Gasteiger partial charge in [-0.15, -0.1) is 10.2 Å². The minimum atomic E-state index is -3.49. The Morgan fingerprint density at radius 3 is 2.13 bits per heavy atom. The Balaban J connectivity index is 1.39. The van der Waals surface area contributed by atoms with Crippen molar-refractivity contribution in [3.63, 3.8) is 0 Å². The summed E-state index contributed by atoms with van der Waals surface area (Å²) in [4.78, 5) is 2.42. The largest absolute Gasteiger partial charge is 0.352 e. The van der Waals surface area contributed by atoms with Gasteiger partial charge in [0, 0.05) is 31.9 Å². The maximum Gasteiger partial charge on any atom is 0.243 e. The summed E-state index contributed by atoms with van der Waals surface area (Å²) in [5, 5.41) is 11.8. The lowest BCUT2D eigenvalue weighted by Gasteiger charge is -2.34. The van der Waals surface area contributed by atoms with Crippen LogP contribution in [0.3, 0.4) is 0 Å². The van der Waals surface area contributed by atoms with Crippen molar-refractivity contribution in [2.75, 3.05) is 36.4 Å². The van der Waals surface area contributed by atoms with Crippen LogP contribution in [-0.2, 0) is 10.0 Å². The fourth-order valence-corrected chi connectivity index (χ4v) is 5.03. The van der Waals surface area contributed by atoms with Crippen LogP contribution in [0.15, 0.2) is 59.5 Å². The summed E-state index contributed by atoms with van der Waals surface area (Å²) in [5.74, 6) is 1.42. The van der Waals surface area contributed by atoms with Crippen LogP contribution in [0.1, 0.15) is 16.7 Å². The molecule has 162 valence electrons. The van der Waals surface area contributed by atoms with Gasteiger partial charge in [-0.1, -0.05) is 23.8 Å². The first-order chi connectivity index (χ1) is 14.8. The SMILES string of the molecule is Cc1ccc(Nc2ccc(N3CCN(S(=O)(=O)c4ccc(C)c(C)c4)CC3)nn2)cc1. The van der Waals surface area contributed by atoms with Gasteiger partial charge >= 0.3 is 0 Å². The Hall–Kier alpha value is -2.97. The fraction of sp³-hybridized carbons (Fsp3) is 0.304. The van der Waals surface area contributed by atoms with Gasteiger partial charge in [0.25, 0.3) is 0 Å². The Labute approximate surface area is 183 Å². The van der Waals surface area contributed by atoms with Crippen molar-refractivity contribution in [1.82, 2.24) is 14.5 Å². The first kappa shape index (κ1) is 21.3. The summed E-state index contributed by atoms with van der Waals surface area (Å²) < 4.78 is 27.6. The van der Waals surface area contributed by atoms with E-state index < -0.39 is 10.0 Å². The van der Waals surface area contributed by atoms with Crippen LogP contribution in [0.4, 0.5) is 17.3 Å². The van der Waals surface area contributed by atoms with E-state index in [1.54, 1.807) is 16.4 Å². The van der Waals surface area contributed by atoms with E-state index in [0.717, 1.165) is 22.6 Å². The van der Waals surface area contributed by atoms with Crippen LogP contribution in [0.2, 0.25) is 0 Å². The highest BCUT2D eigenvalue weighted by Crippen LogP contribution is 2.22. The predicted molar refractivity (Wildman–Crippen MR) is 123 cm³/mol. The number of aromatic nitrogens is 2. The van der Waals surface area contributed by atoms with E-state index in [1.165, 1.54) is 5.56 Å². The summed E-state index contributed by atoms with van der Waals surface area (Å²) in [7, 11) is -3.49. The lowest BCUT2D eigenvalue weighted by Crippen LogP contribution is -2.49. The smallest absolute Gasteiger partial charge is 0.243 e. The highest BCUT2D eigenvalue weighted by atomic mass is 32.2. The predicted octanol–water partition coefficient (Wildman–Crippen LogP) is 3.66. The quantitative estimate of drug-likeness (QED) is 0.656. The summed E-state index contributed by atoms with van der Waals surface area (Å²) >= 11 is 0. The zero-order valence-corrected chi connectivity index (χ0v) is 18.9. The molecule has 0 atom stereocenters. The van der Waals surface area contributed by atoms with Gasteiger partial charge in [-0.05, 0) is 68.3 Å². The second-order valence-electron chi connectivity index (χ2n) is 7.90. The van der Waals surface area contributed by atoms with Crippen molar-refractivity contribution in [2.45, 2.75) is 25.7 Å². The number of nitrogens with zero attached hydrogens (tertiary/aromatic N) is 4. The molecule has 8 heteroatoms. The van der Waals surface area contributed by atoms with Gasteiger partial charge in [-0.25, -0.2) is 8.42 Å². The number of rotatable bonds is 5. The molecule has 2 aromatic carbocycles. The average molecular weight is 438 g/mol. The molecule has 31 heavy (non-hydrogen) atoms. The number of piperazine rings is 1. The van der Waals surface area contributed by atoms with Gasteiger partial charge in [0.1, 0.15) is 0 Å². The lowest BCUT2D eigenvalue weighted by atomic mass is 10.1. The van der Waals surface area contributed by atoms with E-state index >= 15 is 0 Å². The first-order valence-corrected chi connectivity index (χ1v) is 11.8. The molecule has 1 aliphatic rings. The molecule has 4 rings (SSSR count). The molecule has 1 saturated heterocycles. The van der Waals surface area contributed by atoms with Gasteiger partial charge in [0.05, 0.1) is 4.90 Å². The molecule has 7 nitrogen and oxygen atoms in total.